The number of aromatic nitrogens is 2. The molecule has 18 heavy (non-hydrogen) atoms. The maximum absolute atomic E-state index is 13.9. The van der Waals surface area contributed by atoms with Gasteiger partial charge in [0.1, 0.15) is 17.9 Å². The van der Waals surface area contributed by atoms with Gasteiger partial charge >= 0.3 is 0 Å². The van der Waals surface area contributed by atoms with Gasteiger partial charge in [-0.1, -0.05) is 0 Å². The zero-order valence-electron chi connectivity index (χ0n) is 9.35. The molecule has 0 unspecified atom stereocenters. The molecule has 2 heterocycles. The van der Waals surface area contributed by atoms with Gasteiger partial charge in [-0.05, 0) is 42.5 Å². The third-order valence-electron chi connectivity index (χ3n) is 2.57. The van der Waals surface area contributed by atoms with Crippen LogP contribution in [0.1, 0.15) is 12.0 Å². The molecule has 0 spiro atoms. The van der Waals surface area contributed by atoms with E-state index < -0.39 is 0 Å². The summed E-state index contributed by atoms with van der Waals surface area (Å²) < 4.78 is 26.2. The molecule has 3 rings (SSSR count). The third-order valence-corrected chi connectivity index (χ3v) is 4.11. The average molecular weight is 283 g/mol. The van der Waals surface area contributed by atoms with Crippen LogP contribution in [0.5, 0.6) is 5.75 Å². The highest BCUT2D eigenvalue weighted by atomic mass is 32.2. The Labute approximate surface area is 112 Å². The molecule has 1 aromatic carbocycles. The summed E-state index contributed by atoms with van der Waals surface area (Å²) >= 11 is 2.41. The molecule has 0 saturated heterocycles. The Bertz CT molecular complexity index is 547. The summed E-state index contributed by atoms with van der Waals surface area (Å²) in [7, 11) is 0. The van der Waals surface area contributed by atoms with Crippen LogP contribution < -0.4 is 9.46 Å². The van der Waals surface area contributed by atoms with Gasteiger partial charge in [0, 0.05) is 11.5 Å². The minimum atomic E-state index is -0.235. The smallest absolute Gasteiger partial charge is 0.212 e. The molecule has 0 radical (unpaired) electrons. The normalized spacial score (nSPS) is 13.8. The van der Waals surface area contributed by atoms with E-state index in [0.717, 1.165) is 24.2 Å². The molecule has 0 bridgehead atoms. The molecule has 4 nitrogen and oxygen atoms in total. The molecule has 1 N–H and O–H groups in total. The van der Waals surface area contributed by atoms with Gasteiger partial charge in [-0.3, -0.25) is 0 Å². The Morgan fingerprint density at radius 1 is 1.44 bits per heavy atom. The highest BCUT2D eigenvalue weighted by Gasteiger charge is 2.15. The van der Waals surface area contributed by atoms with E-state index in [1.54, 1.807) is 12.1 Å². The number of benzene rings is 1. The first-order valence-corrected chi connectivity index (χ1v) is 7.06. The van der Waals surface area contributed by atoms with Crippen molar-refractivity contribution in [2.24, 2.45) is 0 Å². The number of nitrogens with zero attached hydrogens (tertiary/aromatic N) is 2. The molecule has 1 aliphatic heterocycles. The Morgan fingerprint density at radius 3 is 3.22 bits per heavy atom. The quantitative estimate of drug-likeness (QED) is 0.877. The zero-order chi connectivity index (χ0) is 12.4. The van der Waals surface area contributed by atoms with Crippen molar-refractivity contribution >= 4 is 28.6 Å². The van der Waals surface area contributed by atoms with Crippen molar-refractivity contribution in [3.05, 3.63) is 29.8 Å². The summed E-state index contributed by atoms with van der Waals surface area (Å²) in [5.74, 6) is 0.547. The van der Waals surface area contributed by atoms with Crippen LogP contribution in [0.2, 0.25) is 0 Å². The monoisotopic (exact) mass is 283 g/mol. The Kier molecular flexibility index (Phi) is 3.33. The van der Waals surface area contributed by atoms with Crippen LogP contribution in [0.3, 0.4) is 0 Å². The van der Waals surface area contributed by atoms with Gasteiger partial charge in [0.15, 0.2) is 0 Å². The molecular weight excluding hydrogens is 273 g/mol. The van der Waals surface area contributed by atoms with Gasteiger partial charge < -0.3 is 9.46 Å². The predicted molar refractivity (Wildman–Crippen MR) is 69.6 cm³/mol. The molecule has 0 fully saturated rings. The second-order valence-electron chi connectivity index (χ2n) is 3.79. The summed E-state index contributed by atoms with van der Waals surface area (Å²) in [6.45, 7) is 0.701. The second kappa shape index (κ2) is 5.11. The van der Waals surface area contributed by atoms with Gasteiger partial charge in [-0.25, -0.2) is 9.37 Å². The lowest BCUT2D eigenvalue weighted by molar-refractivity contribution is 0.286. The molecule has 1 aromatic heterocycles. The number of nitrogens with one attached hydrogen (secondary N) is 1. The fourth-order valence-electron chi connectivity index (χ4n) is 1.75. The van der Waals surface area contributed by atoms with E-state index in [-0.39, 0.29) is 5.82 Å². The lowest BCUT2D eigenvalue weighted by Gasteiger charge is -2.18. The van der Waals surface area contributed by atoms with Crippen molar-refractivity contribution in [2.75, 3.05) is 11.3 Å². The fraction of sp³-hybridized carbons (Fsp3) is 0.273. The summed E-state index contributed by atoms with van der Waals surface area (Å²) in [4.78, 5) is 4.48. The van der Waals surface area contributed by atoms with Gasteiger partial charge in [-0.2, -0.15) is 4.37 Å². The summed E-state index contributed by atoms with van der Waals surface area (Å²) in [5.41, 5.74) is 0.944. The van der Waals surface area contributed by atoms with Gasteiger partial charge in [0.25, 0.3) is 0 Å². The summed E-state index contributed by atoms with van der Waals surface area (Å²) in [5, 5.41) is 0.651. The van der Waals surface area contributed by atoms with Crippen molar-refractivity contribution in [1.82, 2.24) is 9.36 Å². The third kappa shape index (κ3) is 2.41. The summed E-state index contributed by atoms with van der Waals surface area (Å²) in [6, 6.07) is 3.29. The van der Waals surface area contributed by atoms with Crippen LogP contribution in [-0.4, -0.2) is 16.0 Å². The van der Waals surface area contributed by atoms with Crippen molar-refractivity contribution in [3.63, 3.8) is 0 Å². The van der Waals surface area contributed by atoms with Crippen LogP contribution in [0.25, 0.3) is 0 Å². The maximum atomic E-state index is 13.9. The molecule has 0 atom stereocenters. The first-order chi connectivity index (χ1) is 8.83. The summed E-state index contributed by atoms with van der Waals surface area (Å²) in [6.07, 6.45) is 3.28. The van der Waals surface area contributed by atoms with Crippen LogP contribution in [0, 0.1) is 5.82 Å². The Morgan fingerprint density at radius 2 is 2.39 bits per heavy atom. The minimum absolute atomic E-state index is 0.235. The van der Waals surface area contributed by atoms with Crippen molar-refractivity contribution in [2.45, 2.75) is 17.7 Å². The number of aryl methyl sites for hydroxylation is 1. The highest BCUT2D eigenvalue weighted by Crippen LogP contribution is 2.33. The number of hydrogen-bond donors (Lipinski definition) is 1. The van der Waals surface area contributed by atoms with Crippen molar-refractivity contribution in [3.8, 4) is 5.75 Å². The van der Waals surface area contributed by atoms with E-state index in [9.17, 15) is 4.39 Å². The fourth-order valence-corrected chi connectivity index (χ4v) is 2.88. The molecule has 7 heteroatoms. The number of hydrogen-bond acceptors (Lipinski definition) is 6. The topological polar surface area (TPSA) is 47.0 Å². The van der Waals surface area contributed by atoms with Gasteiger partial charge in [0.2, 0.25) is 5.13 Å². The largest absolute Gasteiger partial charge is 0.493 e. The van der Waals surface area contributed by atoms with Gasteiger partial charge in [-0.15, -0.1) is 0 Å². The lowest BCUT2D eigenvalue weighted by atomic mass is 10.1. The standard InChI is InChI=1S/C11H10FN3OS2/c12-8-4-7-2-1-3-16-9(7)5-10(8)17-15-11-13-6-14-18-11/h4-6H,1-3H2,(H,13,14,15). The number of rotatable bonds is 3. The van der Waals surface area contributed by atoms with Crippen LogP contribution in [0.15, 0.2) is 23.4 Å². The number of anilines is 1. The molecule has 1 aliphatic rings. The average Bonchev–Trinajstić information content (AvgIpc) is 2.89. The van der Waals surface area contributed by atoms with Crippen molar-refractivity contribution < 1.29 is 9.13 Å². The van der Waals surface area contributed by atoms with E-state index in [1.165, 1.54) is 29.8 Å². The molecule has 0 amide bonds. The SMILES string of the molecule is Fc1cc2c(cc1SNc1ncns1)OCCC2. The van der Waals surface area contributed by atoms with Crippen LogP contribution in [-0.2, 0) is 6.42 Å². The van der Waals surface area contributed by atoms with Crippen LogP contribution in [0.4, 0.5) is 9.52 Å². The Balaban J connectivity index is 1.79. The van der Waals surface area contributed by atoms with E-state index in [0.29, 0.717) is 16.6 Å². The Hall–Kier alpha value is -1.34. The minimum Gasteiger partial charge on any atom is -0.493 e. The first kappa shape index (κ1) is 11.7. The molecule has 0 saturated carbocycles. The number of fused-ring (bicyclic) bond motifs is 1. The molecular formula is C11H10FN3OS2. The van der Waals surface area contributed by atoms with Crippen molar-refractivity contribution in [1.29, 1.82) is 0 Å². The van der Waals surface area contributed by atoms with E-state index in [4.69, 9.17) is 4.74 Å². The van der Waals surface area contributed by atoms with E-state index in [1.807, 2.05) is 0 Å². The second-order valence-corrected chi connectivity index (χ2v) is 5.42. The molecule has 94 valence electrons. The predicted octanol–water partition coefficient (Wildman–Crippen LogP) is 3.12. The van der Waals surface area contributed by atoms with E-state index in [2.05, 4.69) is 14.1 Å². The van der Waals surface area contributed by atoms with E-state index >= 15 is 0 Å². The highest BCUT2D eigenvalue weighted by molar-refractivity contribution is 8.00. The van der Waals surface area contributed by atoms with Crippen LogP contribution >= 0.6 is 23.5 Å². The number of halogens is 1. The molecule has 2 aromatic rings. The van der Waals surface area contributed by atoms with Gasteiger partial charge in [0.05, 0.1) is 11.5 Å². The zero-order valence-corrected chi connectivity index (χ0v) is 11.0. The number of ether oxygens (including phenoxy) is 1. The molecule has 0 aliphatic carbocycles. The first-order valence-electron chi connectivity index (χ1n) is 5.47. The lowest BCUT2D eigenvalue weighted by Crippen LogP contribution is -2.09. The maximum Gasteiger partial charge on any atom is 0.212 e.